The summed E-state index contributed by atoms with van der Waals surface area (Å²) in [5.41, 5.74) is 1.91. The summed E-state index contributed by atoms with van der Waals surface area (Å²) in [4.78, 5) is 4.74. The van der Waals surface area contributed by atoms with Crippen molar-refractivity contribution in [3.8, 4) is 0 Å². The topological polar surface area (TPSA) is 58.5 Å². The predicted molar refractivity (Wildman–Crippen MR) is 97.3 cm³/mol. The van der Waals surface area contributed by atoms with Crippen LogP contribution in [0, 0.1) is 0 Å². The summed E-state index contributed by atoms with van der Waals surface area (Å²) in [5, 5.41) is 0. The van der Waals surface area contributed by atoms with E-state index in [1.165, 1.54) is 0 Å². The van der Waals surface area contributed by atoms with Crippen molar-refractivity contribution in [1.29, 1.82) is 0 Å². The van der Waals surface area contributed by atoms with Crippen molar-refractivity contribution in [3.05, 3.63) is 71.8 Å². The summed E-state index contributed by atoms with van der Waals surface area (Å²) in [6, 6.07) is 19.5. The zero-order valence-electron chi connectivity index (χ0n) is 14.9. The molecule has 0 radical (unpaired) electrons. The maximum absolute atomic E-state index is 6.27. The number of ether oxygens (including phenoxy) is 5. The van der Waals surface area contributed by atoms with Gasteiger partial charge in [-0.05, 0) is 12.1 Å². The van der Waals surface area contributed by atoms with E-state index in [1.807, 2.05) is 60.7 Å². The number of fused-ring (bicyclic) bond motifs is 3. The summed E-state index contributed by atoms with van der Waals surface area (Å²) in [7, 11) is 1.62. The molecule has 3 heterocycles. The van der Waals surface area contributed by atoms with Crippen LogP contribution in [-0.4, -0.2) is 50.3 Å². The highest BCUT2D eigenvalue weighted by Crippen LogP contribution is 2.39. The van der Waals surface area contributed by atoms with Gasteiger partial charge in [-0.15, -0.1) is 0 Å². The summed E-state index contributed by atoms with van der Waals surface area (Å²) >= 11 is 0. The number of hydrogen-bond donors (Lipinski definition) is 0. The molecule has 5 rings (SSSR count). The molecule has 6 heteroatoms. The highest BCUT2D eigenvalue weighted by molar-refractivity contribution is 5.95. The van der Waals surface area contributed by atoms with E-state index in [0.29, 0.717) is 12.5 Å². The van der Waals surface area contributed by atoms with Gasteiger partial charge in [0.05, 0.1) is 6.61 Å². The average Bonchev–Trinajstić information content (AvgIpc) is 3.20. The maximum Gasteiger partial charge on any atom is 0.217 e. The number of nitrogens with zero attached hydrogens (tertiary/aromatic N) is 1. The smallest absolute Gasteiger partial charge is 0.217 e. The van der Waals surface area contributed by atoms with Crippen molar-refractivity contribution in [2.45, 2.75) is 36.9 Å². The number of hydrogen-bond acceptors (Lipinski definition) is 6. The van der Waals surface area contributed by atoms with Gasteiger partial charge in [-0.1, -0.05) is 48.5 Å². The maximum atomic E-state index is 6.27. The first-order valence-electron chi connectivity index (χ1n) is 9.13. The number of methoxy groups -OCH3 is 1. The van der Waals surface area contributed by atoms with Gasteiger partial charge in [0.15, 0.2) is 18.7 Å². The Hall–Kier alpha value is -2.25. The highest BCUT2D eigenvalue weighted by atomic mass is 16.7. The molecule has 0 bridgehead atoms. The zero-order chi connectivity index (χ0) is 18.2. The van der Waals surface area contributed by atoms with Crippen LogP contribution in [0.3, 0.4) is 0 Å². The van der Waals surface area contributed by atoms with Gasteiger partial charge in [-0.25, -0.2) is 4.99 Å². The first kappa shape index (κ1) is 16.9. The Morgan fingerprint density at radius 2 is 1.67 bits per heavy atom. The van der Waals surface area contributed by atoms with Gasteiger partial charge in [-0.2, -0.15) is 0 Å². The Balaban J connectivity index is 1.41. The summed E-state index contributed by atoms with van der Waals surface area (Å²) in [6.07, 6.45) is -1.76. The monoisotopic (exact) mass is 367 g/mol. The van der Waals surface area contributed by atoms with Crippen molar-refractivity contribution in [3.63, 3.8) is 0 Å². The van der Waals surface area contributed by atoms with E-state index >= 15 is 0 Å². The molecular formula is C21H21NO5. The molecule has 6 atom stereocenters. The Morgan fingerprint density at radius 3 is 2.41 bits per heavy atom. The standard InChI is InChI=1S/C21H21NO5/c1-23-21-16-18(26-19(22-16)13-8-4-2-5-9-13)17-15(25-21)12-24-20(27-17)14-10-6-3-7-11-14/h2-11,15-18,20-21H,12H2,1H3/t15-,16-,17-,18+,20-,21-/m0/s1. The van der Waals surface area contributed by atoms with Crippen LogP contribution < -0.4 is 0 Å². The molecule has 0 unspecified atom stereocenters. The molecule has 0 saturated carbocycles. The normalized spacial score (nSPS) is 34.9. The summed E-state index contributed by atoms with van der Waals surface area (Å²) < 4.78 is 30.0. The van der Waals surface area contributed by atoms with Crippen LogP contribution in [-0.2, 0) is 23.7 Å². The Labute approximate surface area is 157 Å². The number of benzene rings is 2. The van der Waals surface area contributed by atoms with Gasteiger partial charge in [-0.3, -0.25) is 0 Å². The van der Waals surface area contributed by atoms with Crippen molar-refractivity contribution in [2.24, 2.45) is 4.99 Å². The molecule has 0 amide bonds. The van der Waals surface area contributed by atoms with E-state index in [1.54, 1.807) is 7.11 Å². The van der Waals surface area contributed by atoms with Crippen molar-refractivity contribution < 1.29 is 23.7 Å². The molecule has 2 fully saturated rings. The Bertz CT molecular complexity index is 812. The minimum Gasteiger partial charge on any atom is -0.469 e. The Morgan fingerprint density at radius 1 is 0.926 bits per heavy atom. The molecular weight excluding hydrogens is 346 g/mol. The molecule has 2 saturated heterocycles. The summed E-state index contributed by atoms with van der Waals surface area (Å²) in [6.45, 7) is 0.414. The van der Waals surface area contributed by atoms with Crippen LogP contribution in [0.4, 0.5) is 0 Å². The third kappa shape index (κ3) is 3.04. The van der Waals surface area contributed by atoms with Gasteiger partial charge in [0.2, 0.25) is 5.90 Å². The van der Waals surface area contributed by atoms with E-state index in [2.05, 4.69) is 0 Å². The zero-order valence-corrected chi connectivity index (χ0v) is 14.9. The first-order chi connectivity index (χ1) is 13.3. The fourth-order valence-corrected chi connectivity index (χ4v) is 3.82. The van der Waals surface area contributed by atoms with Crippen LogP contribution in [0.5, 0.6) is 0 Å². The van der Waals surface area contributed by atoms with E-state index in [4.69, 9.17) is 28.7 Å². The van der Waals surface area contributed by atoms with Gasteiger partial charge in [0, 0.05) is 18.2 Å². The van der Waals surface area contributed by atoms with Crippen LogP contribution >= 0.6 is 0 Å². The van der Waals surface area contributed by atoms with E-state index in [-0.39, 0.29) is 24.4 Å². The molecule has 0 aliphatic carbocycles. The quantitative estimate of drug-likeness (QED) is 0.835. The van der Waals surface area contributed by atoms with Gasteiger partial charge in [0.25, 0.3) is 0 Å². The van der Waals surface area contributed by atoms with E-state index in [9.17, 15) is 0 Å². The second kappa shape index (κ2) is 7.05. The van der Waals surface area contributed by atoms with E-state index in [0.717, 1.165) is 11.1 Å². The Kier molecular flexibility index (Phi) is 4.41. The van der Waals surface area contributed by atoms with E-state index < -0.39 is 12.6 Å². The largest absolute Gasteiger partial charge is 0.469 e. The third-order valence-electron chi connectivity index (χ3n) is 5.15. The van der Waals surface area contributed by atoms with Crippen molar-refractivity contribution >= 4 is 5.90 Å². The third-order valence-corrected chi connectivity index (χ3v) is 5.15. The van der Waals surface area contributed by atoms with Gasteiger partial charge < -0.3 is 23.7 Å². The molecule has 2 aromatic rings. The van der Waals surface area contributed by atoms with Crippen LogP contribution in [0.1, 0.15) is 17.4 Å². The fourth-order valence-electron chi connectivity index (χ4n) is 3.82. The predicted octanol–water partition coefficient (Wildman–Crippen LogP) is 2.69. The molecule has 3 aliphatic rings. The number of rotatable bonds is 3. The second-order valence-corrected chi connectivity index (χ2v) is 6.83. The lowest BCUT2D eigenvalue weighted by atomic mass is 9.96. The lowest BCUT2D eigenvalue weighted by Crippen LogP contribution is -2.60. The molecule has 0 aromatic heterocycles. The minimum atomic E-state index is -0.488. The second-order valence-electron chi connectivity index (χ2n) is 6.83. The van der Waals surface area contributed by atoms with Gasteiger partial charge >= 0.3 is 0 Å². The lowest BCUT2D eigenvalue weighted by molar-refractivity contribution is -0.333. The molecule has 3 aliphatic heterocycles. The molecule has 6 nitrogen and oxygen atoms in total. The molecule has 27 heavy (non-hydrogen) atoms. The first-order valence-corrected chi connectivity index (χ1v) is 9.13. The van der Waals surface area contributed by atoms with Crippen molar-refractivity contribution in [2.75, 3.05) is 13.7 Å². The molecule has 0 spiro atoms. The van der Waals surface area contributed by atoms with Gasteiger partial charge in [0.1, 0.15) is 18.2 Å². The molecule has 140 valence electrons. The van der Waals surface area contributed by atoms with Crippen LogP contribution in [0.25, 0.3) is 0 Å². The average molecular weight is 367 g/mol. The van der Waals surface area contributed by atoms with Crippen molar-refractivity contribution in [1.82, 2.24) is 0 Å². The minimum absolute atomic E-state index is 0.263. The van der Waals surface area contributed by atoms with Crippen LogP contribution in [0.15, 0.2) is 65.7 Å². The highest BCUT2D eigenvalue weighted by Gasteiger charge is 2.54. The summed E-state index contributed by atoms with van der Waals surface area (Å²) in [5.74, 6) is 0.600. The molecule has 2 aromatic carbocycles. The fraction of sp³-hybridized carbons (Fsp3) is 0.381. The lowest BCUT2D eigenvalue weighted by Gasteiger charge is -2.45. The molecule has 0 N–H and O–H groups in total. The SMILES string of the molecule is CO[C@H]1O[C@H]2CO[C@H](c3ccccc3)O[C@@H]2[C@@H]2OC(c3ccccc3)=N[C@H]12. The van der Waals surface area contributed by atoms with Crippen LogP contribution in [0.2, 0.25) is 0 Å². The number of aliphatic imine (C=N–C) groups is 1.